The van der Waals surface area contributed by atoms with E-state index in [0.29, 0.717) is 22.7 Å². The Morgan fingerprint density at radius 2 is 1.92 bits per heavy atom. The minimum absolute atomic E-state index is 0.00334. The van der Waals surface area contributed by atoms with Crippen LogP contribution in [0.5, 0.6) is 5.75 Å². The van der Waals surface area contributed by atoms with E-state index in [1.54, 1.807) is 6.07 Å². The van der Waals surface area contributed by atoms with Crippen molar-refractivity contribution >= 4 is 22.6 Å². The van der Waals surface area contributed by atoms with Crippen molar-refractivity contribution in [1.82, 2.24) is 0 Å². The van der Waals surface area contributed by atoms with Crippen LogP contribution < -0.4 is 10.5 Å². The Bertz CT molecular complexity index is 781. The fourth-order valence-electron chi connectivity index (χ4n) is 3.08. The molecule has 0 saturated carbocycles. The van der Waals surface area contributed by atoms with Crippen molar-refractivity contribution in [1.29, 1.82) is 0 Å². The molecule has 24 heavy (non-hydrogen) atoms. The number of nitrogens with one attached hydrogen (secondary N) is 1. The molecule has 0 amide bonds. The fourth-order valence-corrected chi connectivity index (χ4v) is 3.30. The van der Waals surface area contributed by atoms with Gasteiger partial charge in [-0.15, -0.1) is 0 Å². The summed E-state index contributed by atoms with van der Waals surface area (Å²) in [5.41, 5.74) is 2.39. The lowest BCUT2D eigenvalue weighted by atomic mass is 9.98. The summed E-state index contributed by atoms with van der Waals surface area (Å²) in [6.45, 7) is 4.63. The van der Waals surface area contributed by atoms with Gasteiger partial charge in [-0.05, 0) is 31.4 Å². The smallest absolute Gasteiger partial charge is 0.339 e. The molecule has 132 valence electrons. The first-order chi connectivity index (χ1) is 11.4. The number of phenolic OH excluding ortho intramolecular Hbond substituents is 1. The van der Waals surface area contributed by atoms with E-state index in [-0.39, 0.29) is 11.4 Å². The predicted molar refractivity (Wildman–Crippen MR) is 98.3 cm³/mol. The van der Waals surface area contributed by atoms with Crippen molar-refractivity contribution in [2.24, 2.45) is 0 Å². The van der Waals surface area contributed by atoms with Gasteiger partial charge in [-0.1, -0.05) is 37.8 Å². The van der Waals surface area contributed by atoms with Gasteiger partial charge in [-0.2, -0.15) is 0 Å². The van der Waals surface area contributed by atoms with Gasteiger partial charge in [-0.3, -0.25) is 0 Å². The van der Waals surface area contributed by atoms with Gasteiger partial charge in [0.2, 0.25) is 0 Å². The number of unbranched alkanes of at least 4 members (excludes halogenated alkanes) is 3. The van der Waals surface area contributed by atoms with Crippen molar-refractivity contribution in [2.45, 2.75) is 52.5 Å². The van der Waals surface area contributed by atoms with Crippen molar-refractivity contribution in [3.05, 3.63) is 38.2 Å². The molecule has 0 aliphatic carbocycles. The lowest BCUT2D eigenvalue weighted by Crippen LogP contribution is -3.04. The number of hydrogen-bond acceptors (Lipinski definition) is 3. The van der Waals surface area contributed by atoms with E-state index in [4.69, 9.17) is 16.0 Å². The largest absolute Gasteiger partial charge is 0.506 e. The Kier molecular flexibility index (Phi) is 6.30. The Labute approximate surface area is 148 Å². The maximum Gasteiger partial charge on any atom is 0.339 e. The van der Waals surface area contributed by atoms with Gasteiger partial charge in [0.15, 0.2) is 5.58 Å². The zero-order valence-electron chi connectivity index (χ0n) is 15.0. The standard InChI is InChI=1S/C19H26ClNO3/c1-5-6-7-8-9-13-12(2)14-10-16(20)17(22)15(11-21(3)4)18(14)24-19(13)23/h10,22H,5-9,11H2,1-4H3/p+1. The van der Waals surface area contributed by atoms with Gasteiger partial charge in [0.05, 0.1) is 24.7 Å². The van der Waals surface area contributed by atoms with Crippen molar-refractivity contribution in [3.63, 3.8) is 0 Å². The van der Waals surface area contributed by atoms with Crippen LogP contribution in [0, 0.1) is 6.92 Å². The second-order valence-electron chi connectivity index (χ2n) is 6.75. The second kappa shape index (κ2) is 8.04. The molecule has 1 heterocycles. The Balaban J connectivity index is 2.55. The average molecular weight is 353 g/mol. The molecular weight excluding hydrogens is 326 g/mol. The number of aryl methyl sites for hydroxylation is 1. The predicted octanol–water partition coefficient (Wildman–Crippen LogP) is 3.23. The van der Waals surface area contributed by atoms with Crippen LogP contribution in [0.4, 0.5) is 0 Å². The summed E-state index contributed by atoms with van der Waals surface area (Å²) in [6.07, 6.45) is 5.14. The first-order valence-corrected chi connectivity index (χ1v) is 9.00. The van der Waals surface area contributed by atoms with E-state index < -0.39 is 0 Å². The van der Waals surface area contributed by atoms with E-state index in [0.717, 1.165) is 47.1 Å². The number of rotatable bonds is 7. The van der Waals surface area contributed by atoms with Crippen LogP contribution in [-0.2, 0) is 13.0 Å². The molecule has 0 bridgehead atoms. The number of fused-ring (bicyclic) bond motifs is 1. The molecule has 0 saturated heterocycles. The molecule has 2 rings (SSSR count). The van der Waals surface area contributed by atoms with Crippen molar-refractivity contribution in [2.75, 3.05) is 14.1 Å². The summed E-state index contributed by atoms with van der Waals surface area (Å²) in [5.74, 6) is 0.00334. The number of benzene rings is 1. The highest BCUT2D eigenvalue weighted by Gasteiger charge is 2.20. The van der Waals surface area contributed by atoms with Crippen LogP contribution in [0.1, 0.15) is 49.3 Å². The number of aromatic hydroxyl groups is 1. The number of quaternary nitrogens is 1. The van der Waals surface area contributed by atoms with Crippen molar-refractivity contribution < 1.29 is 14.4 Å². The molecule has 5 heteroatoms. The summed E-state index contributed by atoms with van der Waals surface area (Å²) in [6, 6.07) is 1.70. The molecule has 2 aromatic rings. The second-order valence-corrected chi connectivity index (χ2v) is 7.16. The summed E-state index contributed by atoms with van der Waals surface area (Å²) in [5, 5.41) is 11.4. The lowest BCUT2D eigenvalue weighted by Gasteiger charge is -2.14. The van der Waals surface area contributed by atoms with E-state index in [1.165, 1.54) is 6.42 Å². The molecule has 0 atom stereocenters. The molecule has 4 nitrogen and oxygen atoms in total. The van der Waals surface area contributed by atoms with Gasteiger partial charge >= 0.3 is 5.63 Å². The van der Waals surface area contributed by atoms with Crippen LogP contribution in [0.2, 0.25) is 5.02 Å². The average Bonchev–Trinajstić information content (AvgIpc) is 2.52. The molecule has 0 fully saturated rings. The third-order valence-corrected chi connectivity index (χ3v) is 4.70. The zero-order valence-corrected chi connectivity index (χ0v) is 15.7. The Morgan fingerprint density at radius 3 is 2.54 bits per heavy atom. The van der Waals surface area contributed by atoms with Gasteiger partial charge in [0.25, 0.3) is 0 Å². The van der Waals surface area contributed by atoms with E-state index in [2.05, 4.69) is 6.92 Å². The van der Waals surface area contributed by atoms with Crippen molar-refractivity contribution in [3.8, 4) is 5.75 Å². The number of halogens is 1. The third-order valence-electron chi connectivity index (χ3n) is 4.41. The molecule has 0 radical (unpaired) electrons. The summed E-state index contributed by atoms with van der Waals surface area (Å²) < 4.78 is 5.61. The van der Waals surface area contributed by atoms with Crippen LogP contribution in [0.25, 0.3) is 11.0 Å². The molecule has 0 unspecified atom stereocenters. The number of hydrogen-bond donors (Lipinski definition) is 2. The van der Waals surface area contributed by atoms with Gasteiger partial charge in [0, 0.05) is 10.9 Å². The number of phenols is 1. The Hall–Kier alpha value is -1.52. The summed E-state index contributed by atoms with van der Waals surface area (Å²) in [4.78, 5) is 13.6. The molecule has 1 aromatic carbocycles. The highest BCUT2D eigenvalue weighted by atomic mass is 35.5. The first-order valence-electron chi connectivity index (χ1n) is 8.62. The van der Waals surface area contributed by atoms with E-state index in [1.807, 2.05) is 21.0 Å². The maximum absolute atomic E-state index is 12.5. The summed E-state index contributed by atoms with van der Waals surface area (Å²) >= 11 is 6.21. The first kappa shape index (κ1) is 18.8. The normalized spacial score (nSPS) is 11.6. The minimum Gasteiger partial charge on any atom is -0.506 e. The van der Waals surface area contributed by atoms with Gasteiger partial charge in [0.1, 0.15) is 12.3 Å². The third kappa shape index (κ3) is 3.93. The summed E-state index contributed by atoms with van der Waals surface area (Å²) in [7, 11) is 3.94. The molecule has 0 aliphatic heterocycles. The Morgan fingerprint density at radius 1 is 1.21 bits per heavy atom. The van der Waals surface area contributed by atoms with Crippen LogP contribution >= 0.6 is 11.6 Å². The molecule has 0 aliphatic rings. The quantitative estimate of drug-likeness (QED) is 0.594. The molecule has 0 spiro atoms. The molecule has 1 aromatic heterocycles. The highest BCUT2D eigenvalue weighted by molar-refractivity contribution is 6.33. The van der Waals surface area contributed by atoms with Gasteiger partial charge in [-0.25, -0.2) is 4.79 Å². The van der Waals surface area contributed by atoms with Crippen LogP contribution in [0.15, 0.2) is 15.3 Å². The molecule has 2 N–H and O–H groups in total. The van der Waals surface area contributed by atoms with Crippen LogP contribution in [0.3, 0.4) is 0 Å². The zero-order chi connectivity index (χ0) is 17.9. The monoisotopic (exact) mass is 352 g/mol. The minimum atomic E-state index is -0.298. The van der Waals surface area contributed by atoms with E-state index in [9.17, 15) is 9.90 Å². The van der Waals surface area contributed by atoms with E-state index >= 15 is 0 Å². The maximum atomic E-state index is 12.5. The fraction of sp³-hybridized carbons (Fsp3) is 0.526. The highest BCUT2D eigenvalue weighted by Crippen LogP contribution is 2.35. The topological polar surface area (TPSA) is 54.9 Å². The lowest BCUT2D eigenvalue weighted by molar-refractivity contribution is -0.872. The molecular formula is C19H27ClNO3+. The van der Waals surface area contributed by atoms with Gasteiger partial charge < -0.3 is 14.4 Å². The SMILES string of the molecule is CCCCCCc1c(C)c2cc(Cl)c(O)c(C[NH+](C)C)c2oc1=O. The van der Waals surface area contributed by atoms with Crippen LogP contribution in [-0.4, -0.2) is 19.2 Å².